The Morgan fingerprint density at radius 2 is 1.61 bits per heavy atom. The standard InChI is InChI=1S/C16H32N2/c1-6-9-18-10-7-13(8-11-18)17-12-14-15(2,3)16(14,4)5/h13-14,17H,6-12H2,1-5H3. The summed E-state index contributed by atoms with van der Waals surface area (Å²) in [6.45, 7) is 17.1. The van der Waals surface area contributed by atoms with E-state index >= 15 is 0 Å². The van der Waals surface area contributed by atoms with Crippen LogP contribution in [0.2, 0.25) is 0 Å². The van der Waals surface area contributed by atoms with Crippen LogP contribution in [-0.2, 0) is 0 Å². The Balaban J connectivity index is 1.68. The van der Waals surface area contributed by atoms with Crippen LogP contribution in [0.1, 0.15) is 53.9 Å². The SMILES string of the molecule is CCCN1CCC(NCC2C(C)(C)C2(C)C)CC1. The average molecular weight is 252 g/mol. The highest BCUT2D eigenvalue weighted by atomic mass is 15.1. The van der Waals surface area contributed by atoms with Gasteiger partial charge in [-0.2, -0.15) is 0 Å². The molecule has 0 bridgehead atoms. The Hall–Kier alpha value is -0.0800. The molecule has 2 heteroatoms. The topological polar surface area (TPSA) is 15.3 Å². The molecule has 1 N–H and O–H groups in total. The van der Waals surface area contributed by atoms with Gasteiger partial charge >= 0.3 is 0 Å². The summed E-state index contributed by atoms with van der Waals surface area (Å²) in [6, 6.07) is 0.769. The second-order valence-corrected chi connectivity index (χ2v) is 7.52. The van der Waals surface area contributed by atoms with E-state index in [1.165, 1.54) is 45.4 Å². The van der Waals surface area contributed by atoms with Gasteiger partial charge in [0.05, 0.1) is 0 Å². The molecule has 2 aliphatic rings. The maximum atomic E-state index is 3.83. The zero-order valence-electron chi connectivity index (χ0n) is 13.1. The zero-order chi connectivity index (χ0) is 13.4. The van der Waals surface area contributed by atoms with Crippen molar-refractivity contribution in [2.75, 3.05) is 26.2 Å². The first-order chi connectivity index (χ1) is 8.39. The zero-order valence-corrected chi connectivity index (χ0v) is 13.1. The molecule has 1 aliphatic heterocycles. The number of hydrogen-bond donors (Lipinski definition) is 1. The number of rotatable bonds is 5. The first-order valence-electron chi connectivity index (χ1n) is 7.85. The van der Waals surface area contributed by atoms with Gasteiger partial charge in [0.1, 0.15) is 0 Å². The third-order valence-electron chi connectivity index (χ3n) is 6.06. The number of piperidine rings is 1. The molecule has 1 heterocycles. The lowest BCUT2D eigenvalue weighted by atomic mass is 10.0. The van der Waals surface area contributed by atoms with E-state index in [1.54, 1.807) is 0 Å². The summed E-state index contributed by atoms with van der Waals surface area (Å²) < 4.78 is 0. The summed E-state index contributed by atoms with van der Waals surface area (Å²) in [5.41, 5.74) is 1.06. The van der Waals surface area contributed by atoms with Crippen molar-refractivity contribution < 1.29 is 0 Å². The molecule has 0 atom stereocenters. The van der Waals surface area contributed by atoms with Crippen molar-refractivity contribution in [3.63, 3.8) is 0 Å². The molecule has 0 aromatic heterocycles. The Morgan fingerprint density at radius 1 is 1.06 bits per heavy atom. The molecule has 2 rings (SSSR count). The number of hydrogen-bond acceptors (Lipinski definition) is 2. The average Bonchev–Trinajstić information content (AvgIpc) is 2.69. The molecule has 0 unspecified atom stereocenters. The predicted octanol–water partition coefficient (Wildman–Crippen LogP) is 3.13. The van der Waals surface area contributed by atoms with Gasteiger partial charge in [0.2, 0.25) is 0 Å². The van der Waals surface area contributed by atoms with Crippen molar-refractivity contribution >= 4 is 0 Å². The monoisotopic (exact) mass is 252 g/mol. The van der Waals surface area contributed by atoms with Crippen LogP contribution in [-0.4, -0.2) is 37.1 Å². The van der Waals surface area contributed by atoms with Crippen molar-refractivity contribution in [1.82, 2.24) is 10.2 Å². The van der Waals surface area contributed by atoms with Gasteiger partial charge in [-0.3, -0.25) is 0 Å². The number of likely N-dealkylation sites (tertiary alicyclic amines) is 1. The van der Waals surface area contributed by atoms with Crippen molar-refractivity contribution in [2.24, 2.45) is 16.7 Å². The van der Waals surface area contributed by atoms with Crippen LogP contribution >= 0.6 is 0 Å². The molecule has 2 fully saturated rings. The molecule has 1 saturated heterocycles. The first-order valence-corrected chi connectivity index (χ1v) is 7.85. The van der Waals surface area contributed by atoms with E-state index < -0.39 is 0 Å². The molecular formula is C16H32N2. The maximum absolute atomic E-state index is 3.83. The summed E-state index contributed by atoms with van der Waals surface area (Å²) in [6.07, 6.45) is 3.98. The molecule has 0 amide bonds. The summed E-state index contributed by atoms with van der Waals surface area (Å²) >= 11 is 0. The van der Waals surface area contributed by atoms with Crippen LogP contribution in [0.5, 0.6) is 0 Å². The van der Waals surface area contributed by atoms with E-state index in [-0.39, 0.29) is 0 Å². The summed E-state index contributed by atoms with van der Waals surface area (Å²) in [7, 11) is 0. The van der Waals surface area contributed by atoms with Crippen LogP contribution in [0.15, 0.2) is 0 Å². The summed E-state index contributed by atoms with van der Waals surface area (Å²) in [4.78, 5) is 2.61. The highest BCUT2D eigenvalue weighted by molar-refractivity contribution is 5.13. The fourth-order valence-electron chi connectivity index (χ4n) is 3.80. The fourth-order valence-corrected chi connectivity index (χ4v) is 3.80. The van der Waals surface area contributed by atoms with Gasteiger partial charge in [-0.25, -0.2) is 0 Å². The van der Waals surface area contributed by atoms with E-state index in [9.17, 15) is 0 Å². The van der Waals surface area contributed by atoms with E-state index in [4.69, 9.17) is 0 Å². The van der Waals surface area contributed by atoms with Gasteiger partial charge in [-0.1, -0.05) is 34.6 Å². The summed E-state index contributed by atoms with van der Waals surface area (Å²) in [5, 5.41) is 3.83. The molecule has 0 aromatic carbocycles. The largest absolute Gasteiger partial charge is 0.314 e. The Morgan fingerprint density at radius 3 is 2.06 bits per heavy atom. The molecule has 2 nitrogen and oxygen atoms in total. The predicted molar refractivity (Wildman–Crippen MR) is 78.8 cm³/mol. The van der Waals surface area contributed by atoms with E-state index in [0.29, 0.717) is 10.8 Å². The Bertz CT molecular complexity index is 261. The smallest absolute Gasteiger partial charge is 0.00915 e. The summed E-state index contributed by atoms with van der Waals surface area (Å²) in [5.74, 6) is 0.860. The van der Waals surface area contributed by atoms with Crippen LogP contribution < -0.4 is 5.32 Å². The van der Waals surface area contributed by atoms with E-state index in [0.717, 1.165) is 12.0 Å². The molecule has 106 valence electrons. The quantitative estimate of drug-likeness (QED) is 0.809. The lowest BCUT2D eigenvalue weighted by Crippen LogP contribution is -2.43. The molecule has 0 spiro atoms. The van der Waals surface area contributed by atoms with E-state index in [1.807, 2.05) is 0 Å². The normalized spacial score (nSPS) is 28.5. The third kappa shape index (κ3) is 2.60. The minimum atomic E-state index is 0.531. The second-order valence-electron chi connectivity index (χ2n) is 7.52. The highest BCUT2D eigenvalue weighted by Crippen LogP contribution is 2.67. The highest BCUT2D eigenvalue weighted by Gasteiger charge is 2.63. The van der Waals surface area contributed by atoms with Gasteiger partial charge in [-0.05, 0) is 62.2 Å². The van der Waals surface area contributed by atoms with Crippen LogP contribution in [0.4, 0.5) is 0 Å². The van der Waals surface area contributed by atoms with Crippen LogP contribution in [0.3, 0.4) is 0 Å². The molecule has 1 saturated carbocycles. The molecule has 0 aromatic rings. The van der Waals surface area contributed by atoms with Crippen molar-refractivity contribution in [2.45, 2.75) is 59.9 Å². The molecule has 18 heavy (non-hydrogen) atoms. The number of nitrogens with one attached hydrogen (secondary N) is 1. The Labute approximate surface area is 114 Å². The third-order valence-corrected chi connectivity index (χ3v) is 6.06. The van der Waals surface area contributed by atoms with Crippen LogP contribution in [0, 0.1) is 16.7 Å². The van der Waals surface area contributed by atoms with Gasteiger partial charge in [0.25, 0.3) is 0 Å². The van der Waals surface area contributed by atoms with E-state index in [2.05, 4.69) is 44.8 Å². The van der Waals surface area contributed by atoms with Gasteiger partial charge in [-0.15, -0.1) is 0 Å². The lowest BCUT2D eigenvalue weighted by Gasteiger charge is -2.32. The Kier molecular flexibility index (Phi) is 4.08. The molecular weight excluding hydrogens is 220 g/mol. The lowest BCUT2D eigenvalue weighted by molar-refractivity contribution is 0.196. The van der Waals surface area contributed by atoms with Gasteiger partial charge in [0.15, 0.2) is 0 Å². The molecule has 1 aliphatic carbocycles. The van der Waals surface area contributed by atoms with Gasteiger partial charge in [0, 0.05) is 6.04 Å². The maximum Gasteiger partial charge on any atom is 0.00915 e. The van der Waals surface area contributed by atoms with Crippen molar-refractivity contribution in [1.29, 1.82) is 0 Å². The van der Waals surface area contributed by atoms with Crippen LogP contribution in [0.25, 0.3) is 0 Å². The minimum absolute atomic E-state index is 0.531. The second kappa shape index (κ2) is 5.13. The first kappa shape index (κ1) is 14.3. The fraction of sp³-hybridized carbons (Fsp3) is 1.00. The van der Waals surface area contributed by atoms with Crippen molar-refractivity contribution in [3.05, 3.63) is 0 Å². The molecule has 0 radical (unpaired) electrons. The van der Waals surface area contributed by atoms with Gasteiger partial charge < -0.3 is 10.2 Å². The number of nitrogens with zero attached hydrogens (tertiary/aromatic N) is 1. The van der Waals surface area contributed by atoms with Crippen molar-refractivity contribution in [3.8, 4) is 0 Å². The minimum Gasteiger partial charge on any atom is -0.314 e.